The molecule has 3 aromatic rings. The van der Waals surface area contributed by atoms with Gasteiger partial charge in [-0.1, -0.05) is 48.5 Å². The van der Waals surface area contributed by atoms with E-state index in [1.807, 2.05) is 30.3 Å². The molecule has 0 aliphatic carbocycles. The third kappa shape index (κ3) is 6.35. The number of hydrogen-bond donors (Lipinski definition) is 2. The van der Waals surface area contributed by atoms with Gasteiger partial charge in [-0.05, 0) is 47.9 Å². The summed E-state index contributed by atoms with van der Waals surface area (Å²) >= 11 is 0. The second kappa shape index (κ2) is 10.3. The van der Waals surface area contributed by atoms with E-state index in [4.69, 9.17) is 0 Å². The van der Waals surface area contributed by atoms with Crippen LogP contribution in [0.3, 0.4) is 0 Å². The maximum atomic E-state index is 12.7. The number of aryl methyl sites for hydroxylation is 1. The lowest BCUT2D eigenvalue weighted by Gasteiger charge is -2.12. The van der Waals surface area contributed by atoms with Gasteiger partial charge in [-0.15, -0.1) is 0 Å². The summed E-state index contributed by atoms with van der Waals surface area (Å²) in [6.07, 6.45) is 0. The fourth-order valence-electron chi connectivity index (χ4n) is 2.94. The zero-order chi connectivity index (χ0) is 23.1. The van der Waals surface area contributed by atoms with Gasteiger partial charge in [0.15, 0.2) is 0 Å². The van der Waals surface area contributed by atoms with Crippen molar-refractivity contribution in [2.24, 2.45) is 0 Å². The van der Waals surface area contributed by atoms with Gasteiger partial charge in [0.25, 0.3) is 5.91 Å². The van der Waals surface area contributed by atoms with Gasteiger partial charge >= 0.3 is 6.61 Å². The van der Waals surface area contributed by atoms with Crippen LogP contribution in [0, 0.1) is 6.92 Å². The number of ether oxygens (including phenoxy) is 1. The summed E-state index contributed by atoms with van der Waals surface area (Å²) in [5, 5.41) is 2.71. The number of alkyl halides is 2. The Balaban J connectivity index is 1.67. The zero-order valence-corrected chi connectivity index (χ0v) is 18.0. The van der Waals surface area contributed by atoms with Crippen LogP contribution in [0.5, 0.6) is 5.75 Å². The zero-order valence-electron chi connectivity index (χ0n) is 17.2. The number of hydrogen-bond acceptors (Lipinski definition) is 4. The lowest BCUT2D eigenvalue weighted by molar-refractivity contribution is -0.0498. The minimum absolute atomic E-state index is 0.0160. The van der Waals surface area contributed by atoms with Gasteiger partial charge in [0.1, 0.15) is 5.75 Å². The van der Waals surface area contributed by atoms with Gasteiger partial charge in [0.05, 0.1) is 4.90 Å². The number of nitrogens with one attached hydrogen (secondary N) is 2. The maximum absolute atomic E-state index is 12.7. The molecule has 0 atom stereocenters. The van der Waals surface area contributed by atoms with Crippen LogP contribution < -0.4 is 14.8 Å². The monoisotopic (exact) mass is 460 g/mol. The summed E-state index contributed by atoms with van der Waals surface area (Å²) in [7, 11) is -3.82. The van der Waals surface area contributed by atoms with Crippen molar-refractivity contribution < 1.29 is 26.7 Å². The van der Waals surface area contributed by atoms with E-state index in [9.17, 15) is 22.0 Å². The molecule has 6 nitrogen and oxygen atoms in total. The maximum Gasteiger partial charge on any atom is 0.387 e. The highest BCUT2D eigenvalue weighted by Gasteiger charge is 2.18. The fourth-order valence-corrected chi connectivity index (χ4v) is 3.98. The average Bonchev–Trinajstić information content (AvgIpc) is 2.77. The van der Waals surface area contributed by atoms with Crippen molar-refractivity contribution in [1.82, 2.24) is 10.0 Å². The molecule has 0 heterocycles. The molecule has 0 radical (unpaired) electrons. The summed E-state index contributed by atoms with van der Waals surface area (Å²) in [4.78, 5) is 12.6. The molecular weight excluding hydrogens is 438 g/mol. The Hall–Kier alpha value is -3.30. The molecule has 0 aliphatic rings. The summed E-state index contributed by atoms with van der Waals surface area (Å²) in [5.74, 6) is -0.428. The van der Waals surface area contributed by atoms with Crippen LogP contribution in [-0.2, 0) is 23.1 Å². The molecule has 9 heteroatoms. The lowest BCUT2D eigenvalue weighted by Crippen LogP contribution is -2.26. The van der Waals surface area contributed by atoms with Gasteiger partial charge in [0, 0.05) is 18.7 Å². The van der Waals surface area contributed by atoms with E-state index in [0.717, 1.165) is 5.56 Å². The van der Waals surface area contributed by atoms with Crippen molar-refractivity contribution in [2.45, 2.75) is 31.5 Å². The van der Waals surface area contributed by atoms with Crippen molar-refractivity contribution in [3.05, 3.63) is 95.1 Å². The highest BCUT2D eigenvalue weighted by molar-refractivity contribution is 7.89. The Labute approximate surface area is 185 Å². The topological polar surface area (TPSA) is 84.5 Å². The molecule has 0 saturated heterocycles. The molecule has 0 spiro atoms. The van der Waals surface area contributed by atoms with Crippen molar-refractivity contribution in [3.63, 3.8) is 0 Å². The smallest absolute Gasteiger partial charge is 0.387 e. The van der Waals surface area contributed by atoms with Gasteiger partial charge in [0.2, 0.25) is 10.0 Å². The molecule has 0 saturated carbocycles. The molecule has 0 fully saturated rings. The largest absolute Gasteiger partial charge is 0.435 e. The fraction of sp³-hybridized carbons (Fsp3) is 0.174. The van der Waals surface area contributed by atoms with Crippen LogP contribution in [0.4, 0.5) is 8.78 Å². The molecule has 0 unspecified atom stereocenters. The summed E-state index contributed by atoms with van der Waals surface area (Å²) in [6, 6.07) is 19.3. The van der Waals surface area contributed by atoms with Crippen LogP contribution in [0.15, 0.2) is 77.7 Å². The number of amides is 1. The molecule has 3 rings (SSSR count). The normalized spacial score (nSPS) is 11.4. The second-order valence-electron chi connectivity index (χ2n) is 6.99. The van der Waals surface area contributed by atoms with Crippen molar-refractivity contribution >= 4 is 15.9 Å². The Morgan fingerprint density at radius 3 is 2.25 bits per heavy atom. The third-order valence-electron chi connectivity index (χ3n) is 4.67. The van der Waals surface area contributed by atoms with E-state index in [0.29, 0.717) is 11.1 Å². The molecule has 2 N–H and O–H groups in total. The van der Waals surface area contributed by atoms with Gasteiger partial charge < -0.3 is 10.1 Å². The van der Waals surface area contributed by atoms with E-state index < -0.39 is 22.5 Å². The summed E-state index contributed by atoms with van der Waals surface area (Å²) < 4.78 is 56.6. The van der Waals surface area contributed by atoms with E-state index in [1.165, 1.54) is 24.3 Å². The van der Waals surface area contributed by atoms with Gasteiger partial charge in [-0.25, -0.2) is 13.1 Å². The van der Waals surface area contributed by atoms with Gasteiger partial charge in [-0.2, -0.15) is 8.78 Å². The predicted octanol–water partition coefficient (Wildman–Crippen LogP) is 4.00. The molecule has 0 aliphatic heterocycles. The number of carbonyl (C=O) groups is 1. The molecule has 0 aromatic heterocycles. The van der Waals surface area contributed by atoms with Crippen LogP contribution >= 0.6 is 0 Å². The Bertz CT molecular complexity index is 1170. The molecule has 3 aromatic carbocycles. The minimum atomic E-state index is -3.82. The quantitative estimate of drug-likeness (QED) is 0.506. The molecule has 168 valence electrons. The molecule has 32 heavy (non-hydrogen) atoms. The Morgan fingerprint density at radius 2 is 1.59 bits per heavy atom. The van der Waals surface area contributed by atoms with E-state index in [-0.39, 0.29) is 29.3 Å². The van der Waals surface area contributed by atoms with E-state index in [1.54, 1.807) is 25.1 Å². The number of sulfonamides is 1. The van der Waals surface area contributed by atoms with Crippen molar-refractivity contribution in [3.8, 4) is 5.75 Å². The number of benzene rings is 3. The highest BCUT2D eigenvalue weighted by atomic mass is 32.2. The second-order valence-corrected chi connectivity index (χ2v) is 8.76. The first-order chi connectivity index (χ1) is 15.2. The third-order valence-corrected chi connectivity index (χ3v) is 6.07. The highest BCUT2D eigenvalue weighted by Crippen LogP contribution is 2.18. The number of halogens is 2. The average molecular weight is 461 g/mol. The summed E-state index contributed by atoms with van der Waals surface area (Å²) in [6.45, 7) is -0.936. The Morgan fingerprint density at radius 1 is 0.938 bits per heavy atom. The SMILES string of the molecule is Cc1ccc(S(=O)(=O)NCc2ccccc2)cc1C(=O)NCc1ccc(OC(F)F)cc1. The first kappa shape index (κ1) is 23.4. The Kier molecular flexibility index (Phi) is 7.55. The number of rotatable bonds is 9. The number of carbonyl (C=O) groups excluding carboxylic acids is 1. The minimum Gasteiger partial charge on any atom is -0.435 e. The van der Waals surface area contributed by atoms with Crippen LogP contribution in [-0.4, -0.2) is 20.9 Å². The predicted molar refractivity (Wildman–Crippen MR) is 116 cm³/mol. The molecule has 0 bridgehead atoms. The first-order valence-electron chi connectivity index (χ1n) is 9.71. The van der Waals surface area contributed by atoms with Crippen molar-refractivity contribution in [1.29, 1.82) is 0 Å². The van der Waals surface area contributed by atoms with Crippen LogP contribution in [0.25, 0.3) is 0 Å². The van der Waals surface area contributed by atoms with E-state index in [2.05, 4.69) is 14.8 Å². The van der Waals surface area contributed by atoms with Crippen LogP contribution in [0.2, 0.25) is 0 Å². The van der Waals surface area contributed by atoms with Gasteiger partial charge in [-0.3, -0.25) is 4.79 Å². The summed E-state index contributed by atoms with van der Waals surface area (Å²) in [5.41, 5.74) is 2.33. The first-order valence-corrected chi connectivity index (χ1v) is 11.2. The standard InChI is InChI=1S/C23H22F2N2O4S/c1-16-7-12-20(32(29,30)27-15-17-5-3-2-4-6-17)13-21(16)22(28)26-14-18-8-10-19(11-9-18)31-23(24)25/h2-13,23,27H,14-15H2,1H3,(H,26,28). The molecular formula is C23H22F2N2O4S. The lowest BCUT2D eigenvalue weighted by atomic mass is 10.1. The van der Waals surface area contributed by atoms with Crippen LogP contribution in [0.1, 0.15) is 27.0 Å². The molecule has 1 amide bonds. The van der Waals surface area contributed by atoms with Crippen molar-refractivity contribution in [2.75, 3.05) is 0 Å². The van der Waals surface area contributed by atoms with E-state index >= 15 is 0 Å².